The predicted molar refractivity (Wildman–Crippen MR) is 139 cm³/mol. The largest absolute Gasteiger partial charge is 0.328 e. The van der Waals surface area contributed by atoms with Crippen LogP contribution in [-0.4, -0.2) is 24.8 Å². The molecule has 2 saturated heterocycles. The van der Waals surface area contributed by atoms with E-state index in [1.165, 1.54) is 19.3 Å². The summed E-state index contributed by atoms with van der Waals surface area (Å²) in [4.78, 5) is 2.06. The molecule has 256 valence electrons. The van der Waals surface area contributed by atoms with Gasteiger partial charge in [0, 0.05) is 25.7 Å². The van der Waals surface area contributed by atoms with Gasteiger partial charge in [-0.15, -0.1) is 16.4 Å². The fourth-order valence-corrected chi connectivity index (χ4v) is 7.61. The van der Waals surface area contributed by atoms with E-state index in [1.54, 1.807) is 38.5 Å². The van der Waals surface area contributed by atoms with Crippen molar-refractivity contribution in [3.8, 4) is 0 Å². The van der Waals surface area contributed by atoms with Crippen LogP contribution in [0.25, 0.3) is 0 Å². The summed E-state index contributed by atoms with van der Waals surface area (Å²) in [5.41, 5.74) is -7.78. The Morgan fingerprint density at radius 2 is 0.511 bits per heavy atom. The highest BCUT2D eigenvalue weighted by molar-refractivity contribution is 6.95. The zero-order valence-corrected chi connectivity index (χ0v) is 24.0. The third kappa shape index (κ3) is 5.75. The van der Waals surface area contributed by atoms with Gasteiger partial charge in [-0.2, -0.15) is 0 Å². The number of rotatable bonds is 4. The molecule has 1 saturated carbocycles. The van der Waals surface area contributed by atoms with Gasteiger partial charge in [-0.05, 0) is 25.7 Å². The SMILES string of the molecule is C1CCC([NH+]2C3CCC2CC3)CC1.Fc1c(F)c(F)c([BH-](c2c(F)c(F)c(F)c(F)c2F)c2c(F)c(F)c(F)c(F)c2F)c(F)c1F. The molecular formula is C30H23BF15N. The second-order valence-corrected chi connectivity index (χ2v) is 12.1. The van der Waals surface area contributed by atoms with E-state index in [1.807, 2.05) is 0 Å². The summed E-state index contributed by atoms with van der Waals surface area (Å²) in [6, 6.07) is 3.26. The van der Waals surface area contributed by atoms with Crippen LogP contribution in [0.5, 0.6) is 0 Å². The Hall–Kier alpha value is -3.37. The number of quaternary nitrogens is 1. The summed E-state index contributed by atoms with van der Waals surface area (Å²) in [6.45, 7) is -5.16. The van der Waals surface area contributed by atoms with Gasteiger partial charge >= 0.3 is 0 Å². The zero-order valence-electron chi connectivity index (χ0n) is 24.0. The molecule has 0 amide bonds. The molecule has 17 heteroatoms. The van der Waals surface area contributed by atoms with Crippen LogP contribution in [0, 0.1) is 87.3 Å². The molecule has 6 rings (SSSR count). The maximum absolute atomic E-state index is 14.4. The lowest BCUT2D eigenvalue weighted by atomic mass is 9.36. The number of nitrogens with one attached hydrogen (secondary N) is 1. The molecule has 0 radical (unpaired) electrons. The van der Waals surface area contributed by atoms with Crippen molar-refractivity contribution in [3.05, 3.63) is 87.3 Å². The lowest BCUT2D eigenvalue weighted by Crippen LogP contribution is -3.18. The van der Waals surface area contributed by atoms with E-state index >= 15 is 0 Å². The molecular weight excluding hydrogens is 670 g/mol. The minimum atomic E-state index is -5.16. The van der Waals surface area contributed by atoms with Gasteiger partial charge in [0.05, 0.1) is 24.8 Å². The van der Waals surface area contributed by atoms with Gasteiger partial charge in [0.25, 0.3) is 0 Å². The lowest BCUT2D eigenvalue weighted by molar-refractivity contribution is -0.948. The molecule has 3 aliphatic rings. The summed E-state index contributed by atoms with van der Waals surface area (Å²) in [5.74, 6) is -44.8. The van der Waals surface area contributed by atoms with E-state index in [-0.39, 0.29) is 0 Å². The number of benzene rings is 3. The summed E-state index contributed by atoms with van der Waals surface area (Å²) in [7, 11) is 0. The van der Waals surface area contributed by atoms with Crippen LogP contribution in [0.2, 0.25) is 0 Å². The molecule has 0 aromatic heterocycles. The van der Waals surface area contributed by atoms with Crippen LogP contribution in [0.15, 0.2) is 0 Å². The van der Waals surface area contributed by atoms with Crippen molar-refractivity contribution >= 4 is 23.1 Å². The first-order valence-electron chi connectivity index (χ1n) is 14.7. The zero-order chi connectivity index (χ0) is 34.6. The summed E-state index contributed by atoms with van der Waals surface area (Å²) < 4.78 is 209. The standard InChI is InChI=1S/C18HBF15.C12H21N/c20-4-1(5(21)11(27)16(32)10(4)26)19(2-6(22)12(28)17(33)13(29)7(2)23)3-8(24)14(30)18(34)15(31)9(3)25;1-2-4-10(5-3-1)13-11-6-7-12(13)9-8-11/h19H;10-12H,1-9H2/q-1;/p+1. The van der Waals surface area contributed by atoms with Crippen molar-refractivity contribution in [1.82, 2.24) is 0 Å². The van der Waals surface area contributed by atoms with Crippen LogP contribution in [0.1, 0.15) is 57.8 Å². The Morgan fingerprint density at radius 1 is 0.298 bits per heavy atom. The Balaban J connectivity index is 0.000000273. The van der Waals surface area contributed by atoms with Gasteiger partial charge in [0.2, 0.25) is 0 Å². The van der Waals surface area contributed by atoms with Gasteiger partial charge in [0.1, 0.15) is 34.9 Å². The maximum Gasteiger partial charge on any atom is 0.200 e. The molecule has 1 nitrogen and oxygen atoms in total. The smallest absolute Gasteiger partial charge is 0.200 e. The average Bonchev–Trinajstić information content (AvgIpc) is 3.68. The average molecular weight is 693 g/mol. The second-order valence-electron chi connectivity index (χ2n) is 12.1. The molecule has 0 atom stereocenters. The maximum atomic E-state index is 14.4. The Morgan fingerprint density at radius 3 is 0.766 bits per heavy atom. The first-order chi connectivity index (χ1) is 22.1. The van der Waals surface area contributed by atoms with Gasteiger partial charge in [0.15, 0.2) is 52.4 Å². The fourth-order valence-electron chi connectivity index (χ4n) is 7.61. The van der Waals surface area contributed by atoms with Crippen LogP contribution in [0.4, 0.5) is 65.9 Å². The Bertz CT molecular complexity index is 1450. The molecule has 1 aliphatic carbocycles. The van der Waals surface area contributed by atoms with Gasteiger partial charge in [-0.25, -0.2) is 65.9 Å². The third-order valence-electron chi connectivity index (χ3n) is 9.71. The van der Waals surface area contributed by atoms with Gasteiger partial charge < -0.3 is 4.90 Å². The lowest BCUT2D eigenvalue weighted by Gasteiger charge is -2.31. The summed E-state index contributed by atoms with van der Waals surface area (Å²) >= 11 is 0. The number of hydrogen-bond acceptors (Lipinski definition) is 0. The van der Waals surface area contributed by atoms with E-state index in [4.69, 9.17) is 0 Å². The molecule has 3 aromatic rings. The molecule has 0 unspecified atom stereocenters. The van der Waals surface area contributed by atoms with Crippen molar-refractivity contribution in [1.29, 1.82) is 0 Å². The molecule has 3 aromatic carbocycles. The highest BCUT2D eigenvalue weighted by Crippen LogP contribution is 2.27. The molecule has 2 aliphatic heterocycles. The second kappa shape index (κ2) is 13.3. The first kappa shape index (κ1) is 35.0. The van der Waals surface area contributed by atoms with Crippen molar-refractivity contribution in [2.75, 3.05) is 0 Å². The number of fused-ring (bicyclic) bond motifs is 2. The predicted octanol–water partition coefficient (Wildman–Crippen LogP) is 5.55. The Labute approximate surface area is 257 Å². The topological polar surface area (TPSA) is 4.44 Å². The minimum absolute atomic E-state index is 1.08. The van der Waals surface area contributed by atoms with Crippen molar-refractivity contribution < 1.29 is 70.8 Å². The molecule has 0 spiro atoms. The monoisotopic (exact) mass is 693 g/mol. The van der Waals surface area contributed by atoms with Crippen molar-refractivity contribution in [2.24, 2.45) is 0 Å². The first-order valence-corrected chi connectivity index (χ1v) is 14.7. The molecule has 2 heterocycles. The van der Waals surface area contributed by atoms with E-state index < -0.39 is 110 Å². The van der Waals surface area contributed by atoms with Gasteiger partial charge in [-0.1, -0.05) is 6.42 Å². The Kier molecular flexibility index (Phi) is 9.87. The highest BCUT2D eigenvalue weighted by atomic mass is 19.2. The van der Waals surface area contributed by atoms with Crippen molar-refractivity contribution in [3.63, 3.8) is 0 Å². The number of halogens is 15. The summed E-state index contributed by atoms with van der Waals surface area (Å²) in [5, 5.41) is 0. The summed E-state index contributed by atoms with van der Waals surface area (Å²) in [6.07, 6.45) is 13.9. The highest BCUT2D eigenvalue weighted by Gasteiger charge is 2.47. The molecule has 3 fully saturated rings. The van der Waals surface area contributed by atoms with Crippen LogP contribution in [0.3, 0.4) is 0 Å². The fraction of sp³-hybridized carbons (Fsp3) is 0.400. The third-order valence-corrected chi connectivity index (χ3v) is 9.71. The molecule has 1 N–H and O–H groups in total. The van der Waals surface area contributed by atoms with Crippen molar-refractivity contribution in [2.45, 2.75) is 75.9 Å². The van der Waals surface area contributed by atoms with E-state index in [9.17, 15) is 65.9 Å². The van der Waals surface area contributed by atoms with Gasteiger partial charge in [-0.3, -0.25) is 0 Å². The minimum Gasteiger partial charge on any atom is -0.328 e. The normalized spacial score (nSPS) is 21.1. The van der Waals surface area contributed by atoms with Crippen LogP contribution >= 0.6 is 0 Å². The molecule has 47 heavy (non-hydrogen) atoms. The quantitative estimate of drug-likeness (QED) is 0.158. The number of hydrogen-bond donors (Lipinski definition) is 1. The van der Waals surface area contributed by atoms with E-state index in [0.29, 0.717) is 0 Å². The molecule has 2 bridgehead atoms. The van der Waals surface area contributed by atoms with E-state index in [2.05, 4.69) is 4.90 Å². The van der Waals surface area contributed by atoms with E-state index in [0.717, 1.165) is 18.1 Å². The van der Waals surface area contributed by atoms with Crippen LogP contribution in [-0.2, 0) is 0 Å². The van der Waals surface area contributed by atoms with Crippen LogP contribution < -0.4 is 21.3 Å².